The number of aliphatic carboxylic acids is 1. The van der Waals surface area contributed by atoms with Crippen molar-refractivity contribution in [2.75, 3.05) is 11.4 Å². The summed E-state index contributed by atoms with van der Waals surface area (Å²) >= 11 is 7.61. The number of hydrogen-bond acceptors (Lipinski definition) is 6. The summed E-state index contributed by atoms with van der Waals surface area (Å²) in [6.07, 6.45) is 1.94. The molecule has 3 heterocycles. The first kappa shape index (κ1) is 26.1. The number of carboxylic acids is 1. The van der Waals surface area contributed by atoms with Gasteiger partial charge >= 0.3 is 12.0 Å². The van der Waals surface area contributed by atoms with Crippen LogP contribution in [0.3, 0.4) is 0 Å². The smallest absolute Gasteiger partial charge is 0.323 e. The minimum Gasteiger partial charge on any atom is -0.480 e. The molecule has 2 N–H and O–H groups in total. The van der Waals surface area contributed by atoms with Crippen molar-refractivity contribution in [1.29, 1.82) is 0 Å². The van der Waals surface area contributed by atoms with Gasteiger partial charge in [-0.1, -0.05) is 48.0 Å². The second-order valence-corrected chi connectivity index (χ2v) is 12.2. The van der Waals surface area contributed by atoms with E-state index in [1.54, 1.807) is 14.7 Å². The molecule has 4 atom stereocenters. The van der Waals surface area contributed by atoms with E-state index in [2.05, 4.69) is 0 Å². The maximum Gasteiger partial charge on any atom is 0.323 e. The van der Waals surface area contributed by atoms with Crippen molar-refractivity contribution in [3.63, 3.8) is 0 Å². The van der Waals surface area contributed by atoms with Gasteiger partial charge in [0.2, 0.25) is 0 Å². The van der Waals surface area contributed by atoms with Crippen LogP contribution in [0.5, 0.6) is 0 Å². The molecule has 2 bridgehead atoms. The largest absolute Gasteiger partial charge is 0.480 e. The van der Waals surface area contributed by atoms with Gasteiger partial charge in [-0.15, -0.1) is 11.3 Å². The first-order valence-corrected chi connectivity index (χ1v) is 14.5. The predicted molar refractivity (Wildman–Crippen MR) is 151 cm³/mol. The molecule has 204 valence electrons. The Morgan fingerprint density at radius 1 is 0.949 bits per heavy atom. The van der Waals surface area contributed by atoms with Crippen molar-refractivity contribution in [3.8, 4) is 0 Å². The summed E-state index contributed by atoms with van der Waals surface area (Å²) in [5.41, 5.74) is 1.50. The number of nitrogens with zero attached hydrogens (tertiary/aromatic N) is 4. The Hall–Kier alpha value is -3.11. The number of rotatable bonds is 8. The lowest BCUT2D eigenvalue weighted by molar-refractivity contribution is -0.156. The number of anilines is 2. The van der Waals surface area contributed by atoms with Gasteiger partial charge in [0.15, 0.2) is 6.35 Å². The molecule has 2 aliphatic heterocycles. The van der Waals surface area contributed by atoms with E-state index in [9.17, 15) is 19.8 Å². The number of carbonyl (C=O) groups is 2. The van der Waals surface area contributed by atoms with E-state index in [1.807, 2.05) is 77.7 Å². The molecule has 1 aliphatic carbocycles. The first-order valence-electron chi connectivity index (χ1n) is 13.3. The zero-order chi connectivity index (χ0) is 27.1. The average molecular weight is 567 g/mol. The number of urea groups is 1. The number of amides is 2. The SMILES string of the molecule is O=C(O)[C@@H]1[C@H]2CC[C@@H](CN1C(O)N(c1ccccc1)c1ccccc1)N2C(=O)N(Cc1ccc(Cl)s1)C1CC1. The Kier molecular flexibility index (Phi) is 7.24. The zero-order valence-corrected chi connectivity index (χ0v) is 22.9. The van der Waals surface area contributed by atoms with Crippen LogP contribution in [0.2, 0.25) is 4.34 Å². The molecule has 3 aromatic rings. The number of thiophene rings is 1. The fourth-order valence-electron chi connectivity index (χ4n) is 6.05. The average Bonchev–Trinajstić information content (AvgIpc) is 3.63. The highest BCUT2D eigenvalue weighted by atomic mass is 35.5. The molecule has 3 aliphatic rings. The molecule has 1 aromatic heterocycles. The molecule has 2 saturated heterocycles. The van der Waals surface area contributed by atoms with E-state index >= 15 is 0 Å². The number of halogens is 1. The summed E-state index contributed by atoms with van der Waals surface area (Å²) in [6.45, 7) is 0.733. The third-order valence-corrected chi connectivity index (χ3v) is 9.16. The monoisotopic (exact) mass is 566 g/mol. The molecule has 1 saturated carbocycles. The minimum atomic E-state index is -1.23. The van der Waals surface area contributed by atoms with Crippen molar-refractivity contribution in [1.82, 2.24) is 14.7 Å². The van der Waals surface area contributed by atoms with E-state index < -0.39 is 24.4 Å². The highest BCUT2D eigenvalue weighted by molar-refractivity contribution is 7.16. The number of carboxylic acid groups (broad SMARTS) is 1. The Morgan fingerprint density at radius 2 is 1.59 bits per heavy atom. The Labute approximate surface area is 236 Å². The van der Waals surface area contributed by atoms with Crippen LogP contribution in [-0.2, 0) is 11.3 Å². The van der Waals surface area contributed by atoms with Crippen LogP contribution in [0.1, 0.15) is 30.6 Å². The predicted octanol–water partition coefficient (Wildman–Crippen LogP) is 5.20. The summed E-state index contributed by atoms with van der Waals surface area (Å²) in [4.78, 5) is 34.9. The molecular formula is C29H31ClN4O4S. The Bertz CT molecular complexity index is 1280. The number of carbonyl (C=O) groups excluding carboxylic acids is 1. The lowest BCUT2D eigenvalue weighted by atomic mass is 10.0. The number of hydrogen-bond donors (Lipinski definition) is 2. The maximum absolute atomic E-state index is 14.0. The maximum atomic E-state index is 14.0. The number of likely N-dealkylation sites (tertiary alicyclic amines) is 1. The molecule has 2 aromatic carbocycles. The van der Waals surface area contributed by atoms with Crippen molar-refractivity contribution < 1.29 is 19.8 Å². The van der Waals surface area contributed by atoms with E-state index in [1.165, 1.54) is 11.3 Å². The summed E-state index contributed by atoms with van der Waals surface area (Å²) in [5, 5.41) is 22.3. The van der Waals surface area contributed by atoms with Gasteiger partial charge in [-0.3, -0.25) is 4.79 Å². The summed E-state index contributed by atoms with van der Waals surface area (Å²) in [7, 11) is 0. The van der Waals surface area contributed by atoms with Gasteiger partial charge in [-0.2, -0.15) is 0 Å². The molecule has 10 heteroatoms. The van der Waals surface area contributed by atoms with Gasteiger partial charge in [0.05, 0.1) is 16.9 Å². The van der Waals surface area contributed by atoms with Crippen LogP contribution in [0.25, 0.3) is 0 Å². The fraction of sp³-hybridized carbons (Fsp3) is 0.379. The molecule has 3 fully saturated rings. The second-order valence-electron chi connectivity index (χ2n) is 10.4. The number of para-hydroxylation sites is 2. The summed E-state index contributed by atoms with van der Waals surface area (Å²) in [5.74, 6) is -1.04. The highest BCUT2D eigenvalue weighted by Gasteiger charge is 2.55. The van der Waals surface area contributed by atoms with Gasteiger partial charge in [0, 0.05) is 34.9 Å². The van der Waals surface area contributed by atoms with Gasteiger partial charge in [-0.05, 0) is 62.1 Å². The standard InChI is InChI=1S/C29H31ClN4O4S/c30-25-16-14-23(39-25)18-31(19-11-12-19)28(37)34-22-13-15-24(34)26(27(35)36)32(17-22)29(38)33(20-7-3-1-4-8-20)21-9-5-2-6-10-21/h1-10,14,16,19,22,24,26,29,38H,11-13,15,17-18H2,(H,35,36)/t22-,24+,26-,29?/m0/s1. The molecule has 8 nitrogen and oxygen atoms in total. The van der Waals surface area contributed by atoms with Gasteiger partial charge in [0.25, 0.3) is 0 Å². The number of fused-ring (bicyclic) bond motifs is 2. The molecule has 2 amide bonds. The molecule has 0 radical (unpaired) electrons. The summed E-state index contributed by atoms with van der Waals surface area (Å²) in [6, 6.07) is 21.0. The van der Waals surface area contributed by atoms with Crippen LogP contribution < -0.4 is 4.90 Å². The molecule has 0 spiro atoms. The van der Waals surface area contributed by atoms with Crippen molar-refractivity contribution in [3.05, 3.63) is 82.0 Å². The Morgan fingerprint density at radius 3 is 2.13 bits per heavy atom. The van der Waals surface area contributed by atoms with Crippen molar-refractivity contribution in [2.45, 2.75) is 62.7 Å². The van der Waals surface area contributed by atoms with Crippen molar-refractivity contribution in [2.24, 2.45) is 0 Å². The number of aliphatic hydroxyl groups is 1. The normalized spacial score (nSPS) is 23.4. The summed E-state index contributed by atoms with van der Waals surface area (Å²) < 4.78 is 0.684. The molecular weight excluding hydrogens is 536 g/mol. The van der Waals surface area contributed by atoms with E-state index in [4.69, 9.17) is 11.6 Å². The first-order chi connectivity index (χ1) is 18.9. The zero-order valence-electron chi connectivity index (χ0n) is 21.3. The number of aliphatic hydroxyl groups excluding tert-OH is 1. The second kappa shape index (κ2) is 10.8. The van der Waals surface area contributed by atoms with Crippen LogP contribution in [0.15, 0.2) is 72.8 Å². The van der Waals surface area contributed by atoms with Crippen molar-refractivity contribution >= 4 is 46.3 Å². The fourth-order valence-corrected chi connectivity index (χ4v) is 7.14. The van der Waals surface area contributed by atoms with Gasteiger partial charge < -0.3 is 24.9 Å². The van der Waals surface area contributed by atoms with E-state index in [0.717, 1.165) is 29.1 Å². The quantitative estimate of drug-likeness (QED) is 0.364. The van der Waals surface area contributed by atoms with Crippen LogP contribution in [0, 0.1) is 0 Å². The van der Waals surface area contributed by atoms with Gasteiger partial charge in [-0.25, -0.2) is 9.69 Å². The highest BCUT2D eigenvalue weighted by Crippen LogP contribution is 2.40. The van der Waals surface area contributed by atoms with E-state index in [0.29, 0.717) is 23.7 Å². The van der Waals surface area contributed by atoms with Crippen LogP contribution in [-0.4, -0.2) is 74.0 Å². The molecule has 6 rings (SSSR count). The lowest BCUT2D eigenvalue weighted by Crippen LogP contribution is -2.69. The third kappa shape index (κ3) is 5.12. The number of benzene rings is 2. The topological polar surface area (TPSA) is 87.6 Å². The number of piperazine rings is 1. The van der Waals surface area contributed by atoms with E-state index in [-0.39, 0.29) is 24.7 Å². The lowest BCUT2D eigenvalue weighted by Gasteiger charge is -2.49. The minimum absolute atomic E-state index is 0.113. The molecule has 39 heavy (non-hydrogen) atoms. The van der Waals surface area contributed by atoms with Crippen LogP contribution in [0.4, 0.5) is 16.2 Å². The van der Waals surface area contributed by atoms with Gasteiger partial charge in [0.1, 0.15) is 6.04 Å². The van der Waals surface area contributed by atoms with Crippen LogP contribution >= 0.6 is 22.9 Å². The molecule has 1 unspecified atom stereocenters. The Balaban J connectivity index is 1.30. The third-order valence-electron chi connectivity index (χ3n) is 7.95.